The highest BCUT2D eigenvalue weighted by atomic mass is 19.4. The second-order valence-corrected chi connectivity index (χ2v) is 9.35. The number of likely N-dealkylation sites (N-methyl/N-ethyl adjacent to an activating group) is 1. The highest BCUT2D eigenvalue weighted by molar-refractivity contribution is 6.00. The van der Waals surface area contributed by atoms with E-state index in [1.165, 1.54) is 18.3 Å². The lowest BCUT2D eigenvalue weighted by molar-refractivity contribution is -0.138. The predicted octanol–water partition coefficient (Wildman–Crippen LogP) is 4.47. The fourth-order valence-corrected chi connectivity index (χ4v) is 4.01. The molecule has 1 aliphatic rings. The van der Waals surface area contributed by atoms with Gasteiger partial charge >= 0.3 is 12.2 Å². The van der Waals surface area contributed by atoms with E-state index in [9.17, 15) is 18.0 Å². The van der Waals surface area contributed by atoms with Crippen molar-refractivity contribution in [1.29, 1.82) is 0 Å². The molecule has 0 aromatic heterocycles. The van der Waals surface area contributed by atoms with Crippen molar-refractivity contribution < 1.29 is 22.7 Å². The van der Waals surface area contributed by atoms with E-state index >= 15 is 0 Å². The number of allylic oxidation sites excluding steroid dienone is 1. The summed E-state index contributed by atoms with van der Waals surface area (Å²) in [5.74, 6) is 0.757. The number of carbonyl (C=O) groups excluding carboxylic acids is 1. The Kier molecular flexibility index (Phi) is 11.1. The number of amides is 2. The smallest absolute Gasteiger partial charge is 0.416 e. The molecule has 1 heterocycles. The number of urea groups is 1. The zero-order valence-corrected chi connectivity index (χ0v) is 22.7. The van der Waals surface area contributed by atoms with Gasteiger partial charge in [-0.1, -0.05) is 12.6 Å². The number of hydrogen-bond donors (Lipinski definition) is 4. The first-order valence-corrected chi connectivity index (χ1v) is 12.8. The van der Waals surface area contributed by atoms with E-state index in [1.807, 2.05) is 18.9 Å². The van der Waals surface area contributed by atoms with Crippen molar-refractivity contribution >= 4 is 23.3 Å². The number of nitrogens with two attached hydrogens (primary N) is 1. The first-order valence-electron chi connectivity index (χ1n) is 12.8. The number of nitrogens with zero attached hydrogens (tertiary/aromatic N) is 3. The van der Waals surface area contributed by atoms with Crippen LogP contribution in [0.4, 0.5) is 29.3 Å². The maximum atomic E-state index is 13.8. The molecule has 5 N–H and O–H groups in total. The number of anilines is 2. The number of hydrogen-bond acceptors (Lipinski definition) is 7. The van der Waals surface area contributed by atoms with Crippen molar-refractivity contribution in [2.75, 3.05) is 56.9 Å². The number of rotatable bonds is 10. The molecule has 0 bridgehead atoms. The van der Waals surface area contributed by atoms with Crippen molar-refractivity contribution in [3.05, 3.63) is 78.1 Å². The van der Waals surface area contributed by atoms with E-state index < -0.39 is 17.8 Å². The summed E-state index contributed by atoms with van der Waals surface area (Å²) in [6.45, 7) is 9.73. The summed E-state index contributed by atoms with van der Waals surface area (Å²) in [6, 6.07) is 9.66. The average Bonchev–Trinajstić information content (AvgIpc) is 2.90. The molecule has 1 saturated heterocycles. The molecule has 2 aromatic rings. The van der Waals surface area contributed by atoms with Crippen LogP contribution in [0.1, 0.15) is 18.1 Å². The van der Waals surface area contributed by atoms with Gasteiger partial charge in [0.2, 0.25) is 5.90 Å². The molecule has 1 fully saturated rings. The third-order valence-electron chi connectivity index (χ3n) is 6.10. The van der Waals surface area contributed by atoms with Crippen LogP contribution in [-0.2, 0) is 12.7 Å². The third-order valence-corrected chi connectivity index (χ3v) is 6.10. The largest absolute Gasteiger partial charge is 0.439 e. The molecule has 0 saturated carbocycles. The summed E-state index contributed by atoms with van der Waals surface area (Å²) in [6.07, 6.45) is -1.50. The fourth-order valence-electron chi connectivity index (χ4n) is 4.01. The minimum absolute atomic E-state index is 0.0441. The summed E-state index contributed by atoms with van der Waals surface area (Å²) < 4.78 is 47.3. The Labute approximate surface area is 232 Å². The summed E-state index contributed by atoms with van der Waals surface area (Å²) in [5.41, 5.74) is 6.19. The van der Waals surface area contributed by atoms with E-state index in [-0.39, 0.29) is 17.8 Å². The maximum absolute atomic E-state index is 13.8. The summed E-state index contributed by atoms with van der Waals surface area (Å²) in [4.78, 5) is 20.8. The number of halogens is 3. The number of ether oxygens (including phenoxy) is 1. The molecule has 3 rings (SSSR count). The highest BCUT2D eigenvalue weighted by Gasteiger charge is 2.34. The highest BCUT2D eigenvalue weighted by Crippen LogP contribution is 2.34. The van der Waals surface area contributed by atoms with E-state index in [2.05, 4.69) is 32.4 Å². The number of aliphatic imine (C=N–C) groups is 1. The second-order valence-electron chi connectivity index (χ2n) is 9.35. The molecule has 0 unspecified atom stereocenters. The zero-order chi connectivity index (χ0) is 29.1. The Balaban J connectivity index is 1.62. The molecule has 216 valence electrons. The molecule has 2 amide bonds. The van der Waals surface area contributed by atoms with Crippen LogP contribution >= 0.6 is 0 Å². The van der Waals surface area contributed by atoms with Gasteiger partial charge in [0.05, 0.1) is 5.56 Å². The summed E-state index contributed by atoms with van der Waals surface area (Å²) in [7, 11) is 1.99. The quantitative estimate of drug-likeness (QED) is 0.253. The lowest BCUT2D eigenvalue weighted by atomic mass is 10.0. The lowest BCUT2D eigenvalue weighted by Crippen LogP contribution is -2.44. The van der Waals surface area contributed by atoms with E-state index in [0.29, 0.717) is 43.5 Å². The molecular weight excluding hydrogens is 523 g/mol. The Morgan fingerprint density at radius 2 is 1.75 bits per heavy atom. The van der Waals surface area contributed by atoms with Crippen molar-refractivity contribution in [2.45, 2.75) is 19.6 Å². The molecule has 9 nitrogen and oxygen atoms in total. The van der Waals surface area contributed by atoms with Gasteiger partial charge in [0, 0.05) is 75.2 Å². The standard InChI is InChI=1S/C28H36F3N7O2/c1-4-33-26(17-20(2)34-12-11-32)40-24-9-7-22(8-10-24)35-27(39)36-23-6-5-21(25(18-23)28(29,30)31)19-38-15-13-37(3)14-16-38/h4-10,17-18,34H,1,11-16,19,32H2,2-3H3,(H2,35,36,39)/b20-17+,33-26+. The molecule has 0 spiro atoms. The number of piperazine rings is 1. The van der Waals surface area contributed by atoms with Crippen LogP contribution in [0.15, 0.2) is 72.0 Å². The van der Waals surface area contributed by atoms with Crippen LogP contribution in [0.2, 0.25) is 0 Å². The summed E-state index contributed by atoms with van der Waals surface area (Å²) >= 11 is 0. The molecule has 1 aliphatic heterocycles. The Morgan fingerprint density at radius 1 is 1.10 bits per heavy atom. The Hall–Kier alpha value is -3.87. The monoisotopic (exact) mass is 559 g/mol. The van der Waals surface area contributed by atoms with Crippen LogP contribution in [0.3, 0.4) is 0 Å². The fraction of sp³-hybridized carbons (Fsp3) is 0.357. The lowest BCUT2D eigenvalue weighted by Gasteiger charge is -2.33. The first-order chi connectivity index (χ1) is 19.1. The van der Waals surface area contributed by atoms with Gasteiger partial charge in [0.25, 0.3) is 0 Å². The normalized spacial score (nSPS) is 15.4. The van der Waals surface area contributed by atoms with E-state index in [4.69, 9.17) is 10.5 Å². The second kappa shape index (κ2) is 14.5. The van der Waals surface area contributed by atoms with Crippen LogP contribution in [0, 0.1) is 0 Å². The SMILES string of the molecule is C=C/N=C(\C=C(/C)NCCN)Oc1ccc(NC(=O)Nc2ccc(CN3CCN(C)CC3)c(C(F)(F)F)c2)cc1. The van der Waals surface area contributed by atoms with Gasteiger partial charge in [-0.3, -0.25) is 4.90 Å². The maximum Gasteiger partial charge on any atom is 0.416 e. The van der Waals surface area contributed by atoms with Crippen LogP contribution in [0.5, 0.6) is 5.75 Å². The Morgan fingerprint density at radius 3 is 2.38 bits per heavy atom. The molecule has 0 atom stereocenters. The van der Waals surface area contributed by atoms with Gasteiger partial charge in [-0.25, -0.2) is 9.79 Å². The van der Waals surface area contributed by atoms with Gasteiger partial charge < -0.3 is 31.3 Å². The minimum atomic E-state index is -4.55. The van der Waals surface area contributed by atoms with E-state index in [1.54, 1.807) is 30.3 Å². The van der Waals surface area contributed by atoms with Gasteiger partial charge in [-0.05, 0) is 55.9 Å². The van der Waals surface area contributed by atoms with Crippen LogP contribution in [-0.4, -0.2) is 68.0 Å². The van der Waals surface area contributed by atoms with E-state index in [0.717, 1.165) is 24.9 Å². The number of alkyl halides is 3. The van der Waals surface area contributed by atoms with Crippen LogP contribution in [0.25, 0.3) is 0 Å². The first kappa shape index (κ1) is 30.7. The molecular formula is C28H36F3N7O2. The van der Waals surface area contributed by atoms with Crippen LogP contribution < -0.4 is 26.4 Å². The van der Waals surface area contributed by atoms with Gasteiger partial charge in [-0.15, -0.1) is 0 Å². The molecule has 0 aliphatic carbocycles. The molecule has 12 heteroatoms. The van der Waals surface area contributed by atoms with Gasteiger partial charge in [-0.2, -0.15) is 13.2 Å². The number of carbonyl (C=O) groups is 1. The third kappa shape index (κ3) is 9.70. The van der Waals surface area contributed by atoms with Crippen molar-refractivity contribution in [3.8, 4) is 5.75 Å². The van der Waals surface area contributed by atoms with Crippen molar-refractivity contribution in [3.63, 3.8) is 0 Å². The topological polar surface area (TPSA) is 107 Å². The minimum Gasteiger partial charge on any atom is -0.439 e. The number of nitrogens with one attached hydrogen (secondary N) is 3. The zero-order valence-electron chi connectivity index (χ0n) is 22.7. The molecule has 2 aromatic carbocycles. The molecule has 40 heavy (non-hydrogen) atoms. The van der Waals surface area contributed by atoms with Gasteiger partial charge in [0.15, 0.2) is 0 Å². The molecule has 0 radical (unpaired) electrons. The predicted molar refractivity (Wildman–Crippen MR) is 152 cm³/mol. The van der Waals surface area contributed by atoms with Crippen molar-refractivity contribution in [1.82, 2.24) is 15.1 Å². The van der Waals surface area contributed by atoms with Gasteiger partial charge in [0.1, 0.15) is 5.75 Å². The summed E-state index contributed by atoms with van der Waals surface area (Å²) in [5, 5.41) is 8.21. The number of benzene rings is 2. The Bertz CT molecular complexity index is 1210. The average molecular weight is 560 g/mol. The van der Waals surface area contributed by atoms with Crippen molar-refractivity contribution in [2.24, 2.45) is 10.7 Å².